The van der Waals surface area contributed by atoms with Crippen LogP contribution in [0.4, 0.5) is 0 Å². The van der Waals surface area contributed by atoms with Gasteiger partial charge in [-0.25, -0.2) is 0 Å². The van der Waals surface area contributed by atoms with E-state index in [1.807, 2.05) is 17.5 Å². The highest BCUT2D eigenvalue weighted by atomic mass is 32.1. The molecule has 0 bridgehead atoms. The Hall–Kier alpha value is -1.38. The summed E-state index contributed by atoms with van der Waals surface area (Å²) in [7, 11) is 0. The van der Waals surface area contributed by atoms with Crippen LogP contribution in [0.2, 0.25) is 0 Å². The number of carbonyl (C=O) groups excluding carboxylic acids is 1. The Balaban J connectivity index is 1.95. The van der Waals surface area contributed by atoms with Gasteiger partial charge >= 0.3 is 0 Å². The van der Waals surface area contributed by atoms with Gasteiger partial charge in [-0.1, -0.05) is 6.07 Å². The third-order valence-corrected chi connectivity index (χ3v) is 4.03. The minimum absolute atomic E-state index is 0.00468. The second-order valence-electron chi connectivity index (χ2n) is 4.20. The van der Waals surface area contributed by atoms with Gasteiger partial charge in [-0.15, -0.1) is 11.3 Å². The van der Waals surface area contributed by atoms with Crippen LogP contribution in [0.25, 0.3) is 0 Å². The molecule has 2 N–H and O–H groups in total. The van der Waals surface area contributed by atoms with E-state index >= 15 is 0 Å². The van der Waals surface area contributed by atoms with Crippen molar-refractivity contribution in [2.75, 3.05) is 6.54 Å². The lowest BCUT2D eigenvalue weighted by Gasteiger charge is -2.21. The van der Waals surface area contributed by atoms with E-state index in [4.69, 9.17) is 11.0 Å². The number of amides is 1. The van der Waals surface area contributed by atoms with Crippen molar-refractivity contribution in [2.45, 2.75) is 31.3 Å². The van der Waals surface area contributed by atoms with Gasteiger partial charge in [0.05, 0.1) is 6.07 Å². The van der Waals surface area contributed by atoms with Crippen LogP contribution in [-0.4, -0.2) is 23.4 Å². The fourth-order valence-corrected chi connectivity index (χ4v) is 2.84. The number of nitrogens with zero attached hydrogens (tertiary/aromatic N) is 2. The predicted molar refractivity (Wildman–Crippen MR) is 66.2 cm³/mol. The molecule has 2 heterocycles. The highest BCUT2D eigenvalue weighted by Gasteiger charge is 2.29. The monoisotopic (exact) mass is 249 g/mol. The third-order valence-electron chi connectivity index (χ3n) is 3.03. The van der Waals surface area contributed by atoms with E-state index < -0.39 is 0 Å². The molecule has 0 aliphatic carbocycles. The Morgan fingerprint density at radius 2 is 2.59 bits per heavy atom. The zero-order valence-corrected chi connectivity index (χ0v) is 10.3. The molecule has 5 heteroatoms. The predicted octanol–water partition coefficient (Wildman–Crippen LogP) is 1.65. The van der Waals surface area contributed by atoms with Crippen molar-refractivity contribution in [3.63, 3.8) is 0 Å². The highest BCUT2D eigenvalue weighted by Crippen LogP contribution is 2.23. The Labute approximate surface area is 105 Å². The molecule has 90 valence electrons. The minimum Gasteiger partial charge on any atom is -0.327 e. The molecule has 1 fully saturated rings. The first-order valence-corrected chi connectivity index (χ1v) is 6.58. The van der Waals surface area contributed by atoms with Crippen molar-refractivity contribution in [3.8, 4) is 6.07 Å². The zero-order chi connectivity index (χ0) is 12.3. The number of thiophene rings is 1. The van der Waals surface area contributed by atoms with E-state index in [1.165, 1.54) is 0 Å². The van der Waals surface area contributed by atoms with Crippen molar-refractivity contribution >= 4 is 17.2 Å². The number of hydrogen-bond acceptors (Lipinski definition) is 4. The van der Waals surface area contributed by atoms with E-state index in [-0.39, 0.29) is 18.0 Å². The van der Waals surface area contributed by atoms with Gasteiger partial charge in [0.25, 0.3) is 0 Å². The van der Waals surface area contributed by atoms with Gasteiger partial charge in [-0.3, -0.25) is 4.79 Å². The maximum atomic E-state index is 12.0. The molecule has 0 aromatic carbocycles. The summed E-state index contributed by atoms with van der Waals surface area (Å²) < 4.78 is 0. The zero-order valence-electron chi connectivity index (χ0n) is 9.50. The van der Waals surface area contributed by atoms with Gasteiger partial charge in [0.1, 0.15) is 6.04 Å². The summed E-state index contributed by atoms with van der Waals surface area (Å²) in [6, 6.07) is 5.54. The van der Waals surface area contributed by atoms with E-state index in [9.17, 15) is 4.79 Å². The van der Waals surface area contributed by atoms with Crippen LogP contribution in [0.1, 0.15) is 30.2 Å². The third kappa shape index (κ3) is 2.65. The van der Waals surface area contributed by atoms with Crippen LogP contribution in [0.5, 0.6) is 0 Å². The van der Waals surface area contributed by atoms with E-state index in [1.54, 1.807) is 16.2 Å². The topological polar surface area (TPSA) is 70.1 Å². The van der Waals surface area contributed by atoms with Crippen molar-refractivity contribution < 1.29 is 4.79 Å². The van der Waals surface area contributed by atoms with Gasteiger partial charge in [0.15, 0.2) is 0 Å². The van der Waals surface area contributed by atoms with Crippen molar-refractivity contribution in [1.29, 1.82) is 5.26 Å². The molecule has 1 amide bonds. The van der Waals surface area contributed by atoms with Gasteiger partial charge in [0, 0.05) is 23.9 Å². The largest absolute Gasteiger partial charge is 0.327 e. The van der Waals surface area contributed by atoms with Gasteiger partial charge < -0.3 is 10.6 Å². The number of nitriles is 1. The first kappa shape index (κ1) is 12.1. The molecule has 2 atom stereocenters. The minimum atomic E-state index is -0.252. The molecule has 17 heavy (non-hydrogen) atoms. The summed E-state index contributed by atoms with van der Waals surface area (Å²) >= 11 is 1.56. The Bertz CT molecular complexity index is 423. The first-order valence-electron chi connectivity index (χ1n) is 5.70. The summed E-state index contributed by atoms with van der Waals surface area (Å²) in [6.45, 7) is 0.689. The average Bonchev–Trinajstić information content (AvgIpc) is 2.99. The summed E-state index contributed by atoms with van der Waals surface area (Å²) in [5.74, 6) is -0.00468. The van der Waals surface area contributed by atoms with Crippen LogP contribution in [0.15, 0.2) is 17.5 Å². The smallest absolute Gasteiger partial charge is 0.225 e. The normalized spacial score (nSPS) is 21.2. The summed E-state index contributed by atoms with van der Waals surface area (Å²) in [5, 5.41) is 10.9. The molecule has 2 rings (SSSR count). The van der Waals surface area contributed by atoms with Crippen LogP contribution in [0, 0.1) is 11.3 Å². The average molecular weight is 249 g/mol. The lowest BCUT2D eigenvalue weighted by atomic mass is 10.1. The standard InChI is InChI=1S/C12H15N3OS/c13-8-9-3-1-5-15(9)12(16)7-10(14)11-4-2-6-17-11/h2,4,6,9-10H,1,3,5,7,14H2/t9-,10?/m0/s1. The molecule has 0 radical (unpaired) electrons. The van der Waals surface area contributed by atoms with Crippen molar-refractivity contribution in [2.24, 2.45) is 5.73 Å². The fourth-order valence-electron chi connectivity index (χ4n) is 2.11. The molecule has 0 saturated carbocycles. The number of likely N-dealkylation sites (tertiary alicyclic amines) is 1. The highest BCUT2D eigenvalue weighted by molar-refractivity contribution is 7.10. The number of hydrogen-bond donors (Lipinski definition) is 1. The summed E-state index contributed by atoms with van der Waals surface area (Å²) in [4.78, 5) is 14.7. The maximum Gasteiger partial charge on any atom is 0.225 e. The lowest BCUT2D eigenvalue weighted by molar-refractivity contribution is -0.131. The Morgan fingerprint density at radius 3 is 3.24 bits per heavy atom. The lowest BCUT2D eigenvalue weighted by Crippen LogP contribution is -2.36. The van der Waals surface area contributed by atoms with Crippen molar-refractivity contribution in [3.05, 3.63) is 22.4 Å². The first-order chi connectivity index (χ1) is 8.22. The van der Waals surface area contributed by atoms with E-state index in [2.05, 4.69) is 6.07 Å². The molecular weight excluding hydrogens is 234 g/mol. The molecule has 1 unspecified atom stereocenters. The van der Waals surface area contributed by atoms with Gasteiger partial charge in [-0.2, -0.15) is 5.26 Å². The summed E-state index contributed by atoms with van der Waals surface area (Å²) in [5.41, 5.74) is 5.97. The van der Waals surface area contributed by atoms with Crippen LogP contribution in [0.3, 0.4) is 0 Å². The quantitative estimate of drug-likeness (QED) is 0.885. The van der Waals surface area contributed by atoms with E-state index in [0.717, 1.165) is 17.7 Å². The maximum absolute atomic E-state index is 12.0. The molecule has 4 nitrogen and oxygen atoms in total. The molecule has 1 aliphatic heterocycles. The molecule has 0 spiro atoms. The second kappa shape index (κ2) is 5.30. The number of rotatable bonds is 3. The van der Waals surface area contributed by atoms with Gasteiger partial charge in [-0.05, 0) is 24.3 Å². The molecule has 1 saturated heterocycles. The van der Waals surface area contributed by atoms with E-state index in [0.29, 0.717) is 13.0 Å². The van der Waals surface area contributed by atoms with Crippen LogP contribution >= 0.6 is 11.3 Å². The second-order valence-corrected chi connectivity index (χ2v) is 5.18. The number of nitrogens with two attached hydrogens (primary N) is 1. The number of carbonyl (C=O) groups is 1. The molecule has 1 aliphatic rings. The Kier molecular flexibility index (Phi) is 3.77. The van der Waals surface area contributed by atoms with Crippen LogP contribution < -0.4 is 5.73 Å². The molecular formula is C12H15N3OS. The molecule has 1 aromatic rings. The Morgan fingerprint density at radius 1 is 1.76 bits per heavy atom. The summed E-state index contributed by atoms with van der Waals surface area (Å²) in [6.07, 6.45) is 1.99. The molecule has 1 aromatic heterocycles. The van der Waals surface area contributed by atoms with Gasteiger partial charge in [0.2, 0.25) is 5.91 Å². The SMILES string of the molecule is N#C[C@@H]1CCCN1C(=O)CC(N)c1cccs1. The van der Waals surface area contributed by atoms with Crippen LogP contribution in [-0.2, 0) is 4.79 Å². The van der Waals surface area contributed by atoms with Crippen molar-refractivity contribution in [1.82, 2.24) is 4.90 Å². The fraction of sp³-hybridized carbons (Fsp3) is 0.500.